The number of aryl methyl sites for hydroxylation is 1. The lowest BCUT2D eigenvalue weighted by Gasteiger charge is -2.27. The summed E-state index contributed by atoms with van der Waals surface area (Å²) in [5.41, 5.74) is 10.3. The second-order valence-corrected chi connectivity index (χ2v) is 5.25. The largest absolute Gasteiger partial charge is 0.482 e. The average molecular weight is 267 g/mol. The first-order valence-electron chi connectivity index (χ1n) is 6.72. The maximum Gasteiger partial charge on any atom is 0.170 e. The van der Waals surface area contributed by atoms with E-state index in [1.807, 2.05) is 50.2 Å². The number of Topliss-reactive ketones (excluding diaryl/α,β-unsaturated/α-hetero) is 1. The van der Waals surface area contributed by atoms with Gasteiger partial charge in [-0.3, -0.25) is 4.79 Å². The molecule has 0 saturated heterocycles. The lowest BCUT2D eigenvalue weighted by atomic mass is 9.92. The van der Waals surface area contributed by atoms with Crippen LogP contribution in [0.5, 0.6) is 5.75 Å². The number of hydrogen-bond acceptors (Lipinski definition) is 3. The Morgan fingerprint density at radius 3 is 2.60 bits per heavy atom. The Morgan fingerprint density at radius 1 is 1.20 bits per heavy atom. The summed E-state index contributed by atoms with van der Waals surface area (Å²) in [6.45, 7) is 3.91. The van der Waals surface area contributed by atoms with Gasteiger partial charge in [0.05, 0.1) is 17.7 Å². The molecule has 1 heterocycles. The van der Waals surface area contributed by atoms with Crippen LogP contribution in [-0.2, 0) is 0 Å². The molecule has 3 rings (SSSR count). The minimum Gasteiger partial charge on any atom is -0.482 e. The first-order chi connectivity index (χ1) is 9.58. The molecule has 0 spiro atoms. The topological polar surface area (TPSA) is 52.3 Å². The molecule has 0 bridgehead atoms. The molecule has 20 heavy (non-hydrogen) atoms. The van der Waals surface area contributed by atoms with Crippen molar-refractivity contribution in [3.8, 4) is 5.75 Å². The molecule has 1 atom stereocenters. The molecule has 1 aliphatic heterocycles. The minimum absolute atomic E-state index is 0.0925. The number of ether oxygens (including phenoxy) is 1. The van der Waals surface area contributed by atoms with Crippen molar-refractivity contribution < 1.29 is 9.53 Å². The second-order valence-electron chi connectivity index (χ2n) is 5.25. The monoisotopic (exact) mass is 267 g/mol. The predicted octanol–water partition coefficient (Wildman–Crippen LogP) is 3.59. The van der Waals surface area contributed by atoms with Gasteiger partial charge in [-0.25, -0.2) is 0 Å². The molecule has 0 fully saturated rings. The summed E-state index contributed by atoms with van der Waals surface area (Å²) >= 11 is 0. The summed E-state index contributed by atoms with van der Waals surface area (Å²) in [6, 6.07) is 11.7. The van der Waals surface area contributed by atoms with Crippen molar-refractivity contribution >= 4 is 11.5 Å². The van der Waals surface area contributed by atoms with Gasteiger partial charge in [-0.2, -0.15) is 0 Å². The highest BCUT2D eigenvalue weighted by atomic mass is 16.5. The summed E-state index contributed by atoms with van der Waals surface area (Å²) < 4.78 is 6.01. The van der Waals surface area contributed by atoms with Gasteiger partial charge in [0.1, 0.15) is 6.10 Å². The summed E-state index contributed by atoms with van der Waals surface area (Å²) in [5, 5.41) is 0. The van der Waals surface area contributed by atoms with Crippen LogP contribution in [0, 0.1) is 13.8 Å². The molecule has 1 unspecified atom stereocenters. The molecule has 0 aliphatic carbocycles. The van der Waals surface area contributed by atoms with E-state index in [1.165, 1.54) is 0 Å². The average Bonchev–Trinajstić information content (AvgIpc) is 2.47. The smallest absolute Gasteiger partial charge is 0.170 e. The van der Waals surface area contributed by atoms with E-state index in [0.29, 0.717) is 23.4 Å². The summed E-state index contributed by atoms with van der Waals surface area (Å²) in [6.07, 6.45) is 0.111. The van der Waals surface area contributed by atoms with Crippen molar-refractivity contribution in [1.82, 2.24) is 0 Å². The maximum absolute atomic E-state index is 12.3. The van der Waals surface area contributed by atoms with E-state index < -0.39 is 0 Å². The van der Waals surface area contributed by atoms with Gasteiger partial charge in [-0.15, -0.1) is 0 Å². The fourth-order valence-electron chi connectivity index (χ4n) is 2.57. The van der Waals surface area contributed by atoms with E-state index in [2.05, 4.69) is 0 Å². The molecule has 2 N–H and O–H groups in total. The number of rotatable bonds is 1. The second kappa shape index (κ2) is 4.67. The van der Waals surface area contributed by atoms with Gasteiger partial charge < -0.3 is 10.5 Å². The Balaban J connectivity index is 2.07. The number of ketones is 1. The van der Waals surface area contributed by atoms with Crippen LogP contribution in [0.1, 0.15) is 39.6 Å². The quantitative estimate of drug-likeness (QED) is 0.803. The minimum atomic E-state index is -0.249. The molecule has 2 aromatic carbocycles. The van der Waals surface area contributed by atoms with Crippen LogP contribution < -0.4 is 10.5 Å². The van der Waals surface area contributed by atoms with Crippen LogP contribution >= 0.6 is 0 Å². The molecule has 2 aromatic rings. The molecule has 0 saturated carbocycles. The highest BCUT2D eigenvalue weighted by Crippen LogP contribution is 2.41. The molecule has 0 aromatic heterocycles. The van der Waals surface area contributed by atoms with Gasteiger partial charge in [-0.1, -0.05) is 30.3 Å². The van der Waals surface area contributed by atoms with Crippen LogP contribution in [-0.4, -0.2) is 5.78 Å². The normalized spacial score (nSPS) is 17.5. The highest BCUT2D eigenvalue weighted by molar-refractivity contribution is 6.02. The molecular weight excluding hydrogens is 250 g/mol. The van der Waals surface area contributed by atoms with E-state index >= 15 is 0 Å². The Bertz CT molecular complexity index is 677. The number of carbonyl (C=O) groups excluding carboxylic acids is 1. The third-order valence-electron chi connectivity index (χ3n) is 3.95. The number of nitrogen functional groups attached to an aromatic ring is 1. The van der Waals surface area contributed by atoms with Gasteiger partial charge in [0.25, 0.3) is 0 Å². The molecule has 102 valence electrons. The molecule has 0 radical (unpaired) electrons. The Hall–Kier alpha value is -2.29. The van der Waals surface area contributed by atoms with E-state index in [9.17, 15) is 4.79 Å². The first kappa shape index (κ1) is 12.7. The first-order valence-corrected chi connectivity index (χ1v) is 6.72. The Morgan fingerprint density at radius 2 is 1.90 bits per heavy atom. The maximum atomic E-state index is 12.3. The third kappa shape index (κ3) is 1.95. The van der Waals surface area contributed by atoms with Crippen molar-refractivity contribution in [3.05, 3.63) is 58.7 Å². The highest BCUT2D eigenvalue weighted by Gasteiger charge is 2.30. The van der Waals surface area contributed by atoms with Gasteiger partial charge in [0.15, 0.2) is 11.5 Å². The van der Waals surface area contributed by atoms with Crippen molar-refractivity contribution in [2.75, 3.05) is 5.73 Å². The van der Waals surface area contributed by atoms with Crippen LogP contribution in [0.4, 0.5) is 5.69 Å². The van der Waals surface area contributed by atoms with Gasteiger partial charge in [0, 0.05) is 0 Å². The van der Waals surface area contributed by atoms with E-state index in [-0.39, 0.29) is 11.9 Å². The zero-order valence-corrected chi connectivity index (χ0v) is 11.6. The Labute approximate surface area is 118 Å². The third-order valence-corrected chi connectivity index (χ3v) is 3.95. The van der Waals surface area contributed by atoms with Crippen LogP contribution in [0.3, 0.4) is 0 Å². The lowest BCUT2D eigenvalue weighted by Crippen LogP contribution is -2.22. The number of benzene rings is 2. The number of hydrogen-bond donors (Lipinski definition) is 1. The number of anilines is 1. The molecule has 3 heteroatoms. The fourth-order valence-corrected chi connectivity index (χ4v) is 2.57. The van der Waals surface area contributed by atoms with Crippen LogP contribution in [0.25, 0.3) is 0 Å². The van der Waals surface area contributed by atoms with Crippen molar-refractivity contribution in [1.29, 1.82) is 0 Å². The molecular formula is C17H17NO2. The predicted molar refractivity (Wildman–Crippen MR) is 79.1 cm³/mol. The molecule has 3 nitrogen and oxygen atoms in total. The fraction of sp³-hybridized carbons (Fsp3) is 0.235. The van der Waals surface area contributed by atoms with E-state index in [0.717, 1.165) is 16.7 Å². The molecule has 1 aliphatic rings. The lowest BCUT2D eigenvalue weighted by molar-refractivity contribution is 0.0851. The van der Waals surface area contributed by atoms with Gasteiger partial charge in [0.2, 0.25) is 0 Å². The van der Waals surface area contributed by atoms with Crippen molar-refractivity contribution in [2.24, 2.45) is 0 Å². The van der Waals surface area contributed by atoms with Gasteiger partial charge in [-0.05, 0) is 36.6 Å². The van der Waals surface area contributed by atoms with Crippen molar-refractivity contribution in [3.63, 3.8) is 0 Å². The van der Waals surface area contributed by atoms with Crippen LogP contribution in [0.15, 0.2) is 36.4 Å². The summed E-state index contributed by atoms with van der Waals surface area (Å²) in [5.74, 6) is 0.633. The molecule has 0 amide bonds. The van der Waals surface area contributed by atoms with E-state index in [4.69, 9.17) is 10.5 Å². The standard InChI is InChI=1S/C17H17NO2/c1-10-8-13-14(19)9-15(12-6-4-3-5-7-12)20-17(13)16(18)11(10)2/h3-8,15H,9,18H2,1-2H3. The number of fused-ring (bicyclic) bond motifs is 1. The summed E-state index contributed by atoms with van der Waals surface area (Å²) in [7, 11) is 0. The zero-order valence-electron chi connectivity index (χ0n) is 11.6. The zero-order chi connectivity index (χ0) is 14.3. The van der Waals surface area contributed by atoms with E-state index in [1.54, 1.807) is 0 Å². The number of carbonyl (C=O) groups is 1. The summed E-state index contributed by atoms with van der Waals surface area (Å²) in [4.78, 5) is 12.3. The van der Waals surface area contributed by atoms with Crippen LogP contribution in [0.2, 0.25) is 0 Å². The Kier molecular flexibility index (Phi) is 2.97. The van der Waals surface area contributed by atoms with Crippen molar-refractivity contribution in [2.45, 2.75) is 26.4 Å². The van der Waals surface area contributed by atoms with Gasteiger partial charge >= 0.3 is 0 Å². The number of nitrogens with two attached hydrogens (primary N) is 1. The SMILES string of the molecule is Cc1cc2c(c(N)c1C)OC(c1ccccc1)CC2=O.